The van der Waals surface area contributed by atoms with E-state index >= 15 is 0 Å². The maximum absolute atomic E-state index is 6.00. The van der Waals surface area contributed by atoms with Crippen LogP contribution < -0.4 is 49.6 Å². The van der Waals surface area contributed by atoms with E-state index in [1.165, 1.54) is 0 Å². The fourth-order valence-corrected chi connectivity index (χ4v) is 0. The largest absolute Gasteiger partial charge is 2.00 e. The zero-order chi connectivity index (χ0) is 2.00. The summed E-state index contributed by atoms with van der Waals surface area (Å²) in [5.41, 5.74) is 0. The second kappa shape index (κ2) is 75.4. The smallest absolute Gasteiger partial charge is 1.00 e. The van der Waals surface area contributed by atoms with Gasteiger partial charge in [0.1, 0.15) is 0 Å². The molecule has 2 nitrogen and oxygen atoms in total. The Hall–Kier alpha value is 3.60. The molecule has 0 saturated carbocycles. The van der Waals surface area contributed by atoms with Crippen molar-refractivity contribution in [2.45, 2.75) is 0 Å². The Morgan fingerprint density at radius 2 is 0.500 bits per heavy atom. The van der Waals surface area contributed by atoms with Gasteiger partial charge in [-0.2, -0.15) is 0 Å². The molecule has 0 atom stereocenters. The number of halogens is 4. The first kappa shape index (κ1) is 61.6. The molecule has 0 aliphatic carbocycles. The van der Waals surface area contributed by atoms with E-state index in [2.05, 4.69) is 0 Å². The molecular weight excluding hydrogens is 254 g/mol. The van der Waals surface area contributed by atoms with Crippen LogP contribution in [0.4, 0.5) is 0 Å². The van der Waals surface area contributed by atoms with Crippen molar-refractivity contribution in [3.63, 3.8) is 0 Å². The predicted octanol–water partition coefficient (Wildman–Crippen LogP) is -12.7. The van der Waals surface area contributed by atoms with E-state index < -0.39 is 0 Å². The maximum Gasteiger partial charge on any atom is 2.00 e. The van der Waals surface area contributed by atoms with E-state index in [1.54, 1.807) is 0 Å². The fourth-order valence-electron chi connectivity index (χ4n) is 0. The first-order valence-corrected chi connectivity index (χ1v) is 0.200. The molecule has 0 fully saturated rings. The summed E-state index contributed by atoms with van der Waals surface area (Å²) >= 11 is 0. The first-order valence-electron chi connectivity index (χ1n) is 0.200. The van der Waals surface area contributed by atoms with Crippen molar-refractivity contribution in [1.29, 1.82) is 0 Å². The van der Waals surface area contributed by atoms with Crippen LogP contribution in [-0.2, 0) is 0 Å². The minimum absolute atomic E-state index is 0. The third-order valence-corrected chi connectivity index (χ3v) is 0. The average Bonchev–Trinajstić information content (AvgIpc) is 1.00. The normalized spacial score (nSPS) is 0.750. The molecule has 2 N–H and O–H groups in total. The van der Waals surface area contributed by atoms with Gasteiger partial charge in [-0.25, -0.2) is 0 Å². The van der Waals surface area contributed by atoms with Crippen molar-refractivity contribution in [2.75, 3.05) is 0 Å². The monoisotopic (exact) mass is 254 g/mol. The SMILES string of the molecule is OO.[Ca+2].[Ca+2].[Cl-].[Cl-].[Cl-].[Cl-]. The maximum atomic E-state index is 6.00. The van der Waals surface area contributed by atoms with Crippen molar-refractivity contribution in [1.82, 2.24) is 0 Å². The van der Waals surface area contributed by atoms with Gasteiger partial charge in [-0.05, 0) is 0 Å². The molecule has 0 aromatic rings. The Bertz CT molecular complexity index is 12.0. The Kier molecular flexibility index (Phi) is 580. The van der Waals surface area contributed by atoms with Crippen LogP contribution in [-0.4, -0.2) is 86.0 Å². The Balaban J connectivity index is -0.000000000333. The van der Waals surface area contributed by atoms with E-state index in [-0.39, 0.29) is 125 Å². The Morgan fingerprint density at radius 1 is 0.500 bits per heavy atom. The molecule has 0 radical (unpaired) electrons. The van der Waals surface area contributed by atoms with E-state index in [0.29, 0.717) is 0 Å². The third-order valence-electron chi connectivity index (χ3n) is 0. The van der Waals surface area contributed by atoms with Crippen LogP contribution in [0, 0.1) is 0 Å². The van der Waals surface area contributed by atoms with Crippen LogP contribution in [0.3, 0.4) is 0 Å². The minimum Gasteiger partial charge on any atom is -1.00 e. The summed E-state index contributed by atoms with van der Waals surface area (Å²) in [5, 5.41) is 12.0. The summed E-state index contributed by atoms with van der Waals surface area (Å²) in [4.78, 5) is 0. The molecule has 0 rings (SSSR count). The molecule has 0 aliphatic heterocycles. The molecule has 0 unspecified atom stereocenters. The van der Waals surface area contributed by atoms with Gasteiger partial charge in [-0.15, -0.1) is 0 Å². The Labute approximate surface area is 133 Å². The van der Waals surface area contributed by atoms with Crippen molar-refractivity contribution in [2.24, 2.45) is 0 Å². The second-order valence-electron chi connectivity index (χ2n) is 0. The van der Waals surface area contributed by atoms with Gasteiger partial charge in [0.15, 0.2) is 0 Å². The zero-order valence-electron chi connectivity index (χ0n) is 3.82. The minimum atomic E-state index is 0. The molecule has 0 bridgehead atoms. The fraction of sp³-hybridized carbons (Fsp3) is 0. The summed E-state index contributed by atoms with van der Waals surface area (Å²) in [5.74, 6) is 0. The number of hydrogen-bond donors (Lipinski definition) is 2. The molecule has 0 aliphatic rings. The summed E-state index contributed by atoms with van der Waals surface area (Å²) < 4.78 is 0. The van der Waals surface area contributed by atoms with Crippen LogP contribution in [0.5, 0.6) is 0 Å². The van der Waals surface area contributed by atoms with Crippen LogP contribution >= 0.6 is 0 Å². The van der Waals surface area contributed by atoms with Crippen LogP contribution in [0.15, 0.2) is 0 Å². The van der Waals surface area contributed by atoms with Gasteiger partial charge in [0, 0.05) is 0 Å². The van der Waals surface area contributed by atoms with Crippen molar-refractivity contribution >= 4 is 75.5 Å². The molecule has 0 saturated heterocycles. The van der Waals surface area contributed by atoms with Crippen LogP contribution in [0.25, 0.3) is 0 Å². The standard InChI is InChI=1S/2Ca.4ClH.H2O2/c;;;;;;1-2/h;;4*1H;1-2H/q2*+2;;;;;/p-4. The summed E-state index contributed by atoms with van der Waals surface area (Å²) in [6, 6.07) is 0. The quantitative estimate of drug-likeness (QED) is 0.257. The van der Waals surface area contributed by atoms with Crippen molar-refractivity contribution in [3.8, 4) is 0 Å². The number of rotatable bonds is 0. The van der Waals surface area contributed by atoms with Gasteiger partial charge < -0.3 is 49.6 Å². The third kappa shape index (κ3) is 54.8. The summed E-state index contributed by atoms with van der Waals surface area (Å²) in [7, 11) is 0. The second-order valence-corrected chi connectivity index (χ2v) is 0. The van der Waals surface area contributed by atoms with Gasteiger partial charge in [0.25, 0.3) is 0 Å². The molecule has 46 valence electrons. The van der Waals surface area contributed by atoms with E-state index in [4.69, 9.17) is 10.5 Å². The van der Waals surface area contributed by atoms with Crippen LogP contribution in [0.1, 0.15) is 0 Å². The molecule has 8 heavy (non-hydrogen) atoms. The Morgan fingerprint density at radius 3 is 0.500 bits per heavy atom. The molecule has 0 amide bonds. The molecule has 0 spiro atoms. The number of hydrogen-bond acceptors (Lipinski definition) is 2. The zero-order valence-corrected chi connectivity index (χ0v) is 11.3. The molecule has 8 heteroatoms. The van der Waals surface area contributed by atoms with Crippen molar-refractivity contribution < 1.29 is 60.1 Å². The van der Waals surface area contributed by atoms with Gasteiger partial charge >= 0.3 is 75.5 Å². The van der Waals surface area contributed by atoms with E-state index in [0.717, 1.165) is 0 Å². The van der Waals surface area contributed by atoms with Gasteiger partial charge in [-0.3, -0.25) is 10.5 Å². The average molecular weight is 256 g/mol. The molecule has 0 aromatic carbocycles. The molecular formula is H2Ca2Cl4O2. The summed E-state index contributed by atoms with van der Waals surface area (Å²) in [6.45, 7) is 0. The molecule has 0 heterocycles. The van der Waals surface area contributed by atoms with Crippen molar-refractivity contribution in [3.05, 3.63) is 0 Å². The first-order chi connectivity index (χ1) is 1.00. The van der Waals surface area contributed by atoms with Crippen LogP contribution in [0.2, 0.25) is 0 Å². The van der Waals surface area contributed by atoms with Gasteiger partial charge in [0.2, 0.25) is 0 Å². The molecule has 0 aromatic heterocycles. The van der Waals surface area contributed by atoms with Gasteiger partial charge in [-0.1, -0.05) is 0 Å². The van der Waals surface area contributed by atoms with Gasteiger partial charge in [0.05, 0.1) is 0 Å². The topological polar surface area (TPSA) is 40.5 Å². The van der Waals surface area contributed by atoms with E-state index in [9.17, 15) is 0 Å². The summed E-state index contributed by atoms with van der Waals surface area (Å²) in [6.07, 6.45) is 0. The van der Waals surface area contributed by atoms with E-state index in [1.807, 2.05) is 0 Å². The predicted molar refractivity (Wildman–Crippen MR) is 16.8 cm³/mol.